The van der Waals surface area contributed by atoms with E-state index < -0.39 is 0 Å². The molecule has 1 atom stereocenters. The van der Waals surface area contributed by atoms with Gasteiger partial charge in [0.1, 0.15) is 6.61 Å². The number of nitrogen functional groups attached to an aromatic ring is 1. The Kier molecular flexibility index (Phi) is 9.01. The predicted molar refractivity (Wildman–Crippen MR) is 85.3 cm³/mol. The van der Waals surface area contributed by atoms with Gasteiger partial charge in [0.25, 0.3) is 0 Å². The lowest BCUT2D eigenvalue weighted by atomic mass is 10.1. The van der Waals surface area contributed by atoms with E-state index in [1.165, 1.54) is 0 Å². The fourth-order valence-corrected chi connectivity index (χ4v) is 1.94. The lowest BCUT2D eigenvalue weighted by Gasteiger charge is -2.15. The zero-order valence-electron chi connectivity index (χ0n) is 12.4. The van der Waals surface area contributed by atoms with E-state index in [9.17, 15) is 4.79 Å². The highest BCUT2D eigenvalue weighted by molar-refractivity contribution is 5.89. The van der Waals surface area contributed by atoms with Gasteiger partial charge in [-0.2, -0.15) is 0 Å². The molecule has 20 heavy (non-hydrogen) atoms. The number of carbonyl (C=O) groups is 1. The molecule has 1 aromatic carbocycles. The summed E-state index contributed by atoms with van der Waals surface area (Å²) < 4.78 is 5.18. The maximum atomic E-state index is 11.7. The van der Waals surface area contributed by atoms with Crippen LogP contribution in [-0.4, -0.2) is 25.2 Å². The molecule has 0 saturated carbocycles. The molecule has 0 bridgehead atoms. The standard InChI is InChI=1S/C15H24N2O2.ClH/c1-11(2)10-12(3)17-8-9-19-15(18)13-4-6-14(16)7-5-13;/h4-7,11-12,17H,8-10,16H2,1-3H3;1H. The van der Waals surface area contributed by atoms with Crippen LogP contribution in [0.2, 0.25) is 0 Å². The Morgan fingerprint density at radius 3 is 2.40 bits per heavy atom. The van der Waals surface area contributed by atoms with Crippen LogP contribution in [0.4, 0.5) is 5.69 Å². The fourth-order valence-electron chi connectivity index (χ4n) is 1.94. The van der Waals surface area contributed by atoms with Crippen molar-refractivity contribution in [1.82, 2.24) is 5.32 Å². The second-order valence-electron chi connectivity index (χ2n) is 5.24. The minimum Gasteiger partial charge on any atom is -0.461 e. The van der Waals surface area contributed by atoms with E-state index in [2.05, 4.69) is 26.1 Å². The van der Waals surface area contributed by atoms with Crippen molar-refractivity contribution < 1.29 is 9.53 Å². The molecule has 0 heterocycles. The third kappa shape index (κ3) is 7.36. The van der Waals surface area contributed by atoms with Gasteiger partial charge < -0.3 is 15.8 Å². The first kappa shape index (κ1) is 18.7. The number of hydrogen-bond acceptors (Lipinski definition) is 4. The van der Waals surface area contributed by atoms with Gasteiger partial charge in [-0.05, 0) is 43.5 Å². The van der Waals surface area contributed by atoms with Crippen LogP contribution in [0.25, 0.3) is 0 Å². The Hall–Kier alpha value is -1.26. The lowest BCUT2D eigenvalue weighted by Crippen LogP contribution is -2.31. The first-order valence-electron chi connectivity index (χ1n) is 6.75. The van der Waals surface area contributed by atoms with Gasteiger partial charge in [0, 0.05) is 18.3 Å². The molecule has 3 N–H and O–H groups in total. The molecule has 0 saturated heterocycles. The predicted octanol–water partition coefficient (Wildman–Crippen LogP) is 2.87. The molecule has 5 heteroatoms. The monoisotopic (exact) mass is 300 g/mol. The summed E-state index contributed by atoms with van der Waals surface area (Å²) >= 11 is 0. The second kappa shape index (κ2) is 9.61. The van der Waals surface area contributed by atoms with Crippen LogP contribution in [-0.2, 0) is 4.74 Å². The summed E-state index contributed by atoms with van der Waals surface area (Å²) in [6.45, 7) is 7.58. The summed E-state index contributed by atoms with van der Waals surface area (Å²) in [7, 11) is 0. The molecule has 0 fully saturated rings. The minimum absolute atomic E-state index is 0. The zero-order valence-corrected chi connectivity index (χ0v) is 13.2. The van der Waals surface area contributed by atoms with Crippen molar-refractivity contribution in [1.29, 1.82) is 0 Å². The molecule has 1 unspecified atom stereocenters. The fraction of sp³-hybridized carbons (Fsp3) is 0.533. The van der Waals surface area contributed by atoms with E-state index in [1.54, 1.807) is 24.3 Å². The minimum atomic E-state index is -0.307. The van der Waals surface area contributed by atoms with Gasteiger partial charge >= 0.3 is 5.97 Å². The quantitative estimate of drug-likeness (QED) is 0.462. The molecule has 1 aromatic rings. The molecule has 0 radical (unpaired) electrons. The van der Waals surface area contributed by atoms with Crippen molar-refractivity contribution >= 4 is 24.1 Å². The Bertz CT molecular complexity index is 393. The van der Waals surface area contributed by atoms with Gasteiger partial charge in [-0.3, -0.25) is 0 Å². The summed E-state index contributed by atoms with van der Waals surface area (Å²) in [6, 6.07) is 7.17. The van der Waals surface area contributed by atoms with Crippen LogP contribution in [0.1, 0.15) is 37.6 Å². The van der Waals surface area contributed by atoms with Gasteiger partial charge in [-0.1, -0.05) is 13.8 Å². The number of ether oxygens (including phenoxy) is 1. The van der Waals surface area contributed by atoms with Gasteiger partial charge in [0.05, 0.1) is 5.56 Å². The molecule has 0 aliphatic rings. The van der Waals surface area contributed by atoms with Crippen molar-refractivity contribution in [2.75, 3.05) is 18.9 Å². The van der Waals surface area contributed by atoms with Crippen molar-refractivity contribution in [2.24, 2.45) is 5.92 Å². The number of halogens is 1. The average molecular weight is 301 g/mol. The van der Waals surface area contributed by atoms with E-state index in [0.29, 0.717) is 36.4 Å². The van der Waals surface area contributed by atoms with Crippen LogP contribution in [0, 0.1) is 5.92 Å². The highest BCUT2D eigenvalue weighted by Gasteiger charge is 2.07. The summed E-state index contributed by atoms with van der Waals surface area (Å²) in [4.78, 5) is 11.7. The Morgan fingerprint density at radius 1 is 1.25 bits per heavy atom. The maximum absolute atomic E-state index is 11.7. The number of carbonyl (C=O) groups excluding carboxylic acids is 1. The van der Waals surface area contributed by atoms with E-state index in [4.69, 9.17) is 10.5 Å². The number of esters is 1. The van der Waals surface area contributed by atoms with Gasteiger partial charge in [-0.25, -0.2) is 4.79 Å². The van der Waals surface area contributed by atoms with Crippen molar-refractivity contribution in [3.8, 4) is 0 Å². The number of rotatable bonds is 7. The molecule has 0 aromatic heterocycles. The number of nitrogens with two attached hydrogens (primary N) is 1. The van der Waals surface area contributed by atoms with Crippen LogP contribution < -0.4 is 11.1 Å². The van der Waals surface area contributed by atoms with Crippen LogP contribution >= 0.6 is 12.4 Å². The average Bonchev–Trinajstić information content (AvgIpc) is 2.34. The van der Waals surface area contributed by atoms with Crippen LogP contribution in [0.5, 0.6) is 0 Å². The van der Waals surface area contributed by atoms with Crippen LogP contribution in [0.15, 0.2) is 24.3 Å². The molecule has 0 amide bonds. The van der Waals surface area contributed by atoms with Crippen molar-refractivity contribution in [3.05, 3.63) is 29.8 Å². The van der Waals surface area contributed by atoms with E-state index in [1.807, 2.05) is 0 Å². The molecule has 0 spiro atoms. The first-order valence-corrected chi connectivity index (χ1v) is 6.75. The molecule has 0 aliphatic carbocycles. The topological polar surface area (TPSA) is 64.3 Å². The zero-order chi connectivity index (χ0) is 14.3. The van der Waals surface area contributed by atoms with E-state index >= 15 is 0 Å². The summed E-state index contributed by atoms with van der Waals surface area (Å²) in [5, 5.41) is 3.33. The normalized spacial score (nSPS) is 11.8. The molecule has 4 nitrogen and oxygen atoms in total. The number of benzene rings is 1. The smallest absolute Gasteiger partial charge is 0.338 e. The maximum Gasteiger partial charge on any atom is 0.338 e. The van der Waals surface area contributed by atoms with Crippen LogP contribution in [0.3, 0.4) is 0 Å². The van der Waals surface area contributed by atoms with Gasteiger partial charge in [-0.15, -0.1) is 12.4 Å². The highest BCUT2D eigenvalue weighted by Crippen LogP contribution is 2.07. The lowest BCUT2D eigenvalue weighted by molar-refractivity contribution is 0.0505. The third-order valence-electron chi connectivity index (χ3n) is 2.80. The Labute approximate surface area is 127 Å². The number of anilines is 1. The summed E-state index contributed by atoms with van der Waals surface area (Å²) in [6.07, 6.45) is 1.12. The van der Waals surface area contributed by atoms with Gasteiger partial charge in [0.15, 0.2) is 0 Å². The highest BCUT2D eigenvalue weighted by atomic mass is 35.5. The molecule has 0 aliphatic heterocycles. The summed E-state index contributed by atoms with van der Waals surface area (Å²) in [5.74, 6) is 0.359. The largest absolute Gasteiger partial charge is 0.461 e. The van der Waals surface area contributed by atoms with Gasteiger partial charge in [0.2, 0.25) is 0 Å². The molecule has 1 rings (SSSR count). The number of nitrogens with one attached hydrogen (secondary N) is 1. The van der Waals surface area contributed by atoms with E-state index in [-0.39, 0.29) is 18.4 Å². The first-order chi connectivity index (χ1) is 8.99. The summed E-state index contributed by atoms with van der Waals surface area (Å²) in [5.41, 5.74) is 6.73. The molecule has 114 valence electrons. The second-order valence-corrected chi connectivity index (χ2v) is 5.24. The molecular formula is C15H25ClN2O2. The third-order valence-corrected chi connectivity index (χ3v) is 2.80. The molecular weight excluding hydrogens is 276 g/mol. The van der Waals surface area contributed by atoms with Crippen molar-refractivity contribution in [3.63, 3.8) is 0 Å². The Balaban J connectivity index is 0.00000361. The number of hydrogen-bond donors (Lipinski definition) is 2. The van der Waals surface area contributed by atoms with Crippen molar-refractivity contribution in [2.45, 2.75) is 33.2 Å². The SMILES string of the molecule is CC(C)CC(C)NCCOC(=O)c1ccc(N)cc1.Cl. The van der Waals surface area contributed by atoms with E-state index in [0.717, 1.165) is 6.42 Å². The Morgan fingerprint density at radius 2 is 1.85 bits per heavy atom.